The minimum atomic E-state index is -0.636. The first-order valence-electron chi connectivity index (χ1n) is 7.40. The third-order valence-electron chi connectivity index (χ3n) is 3.29. The van der Waals surface area contributed by atoms with E-state index in [9.17, 15) is 14.9 Å². The highest BCUT2D eigenvalue weighted by Gasteiger charge is 2.16. The Kier molecular flexibility index (Phi) is 4.70. The fourth-order valence-electron chi connectivity index (χ4n) is 2.18. The van der Waals surface area contributed by atoms with Crippen LogP contribution in [0.4, 0.5) is 11.6 Å². The van der Waals surface area contributed by atoms with Crippen LogP contribution in [0, 0.1) is 10.1 Å². The summed E-state index contributed by atoms with van der Waals surface area (Å²) in [4.78, 5) is 25.8. The number of carbonyl (C=O) groups excluding carboxylic acids is 1. The number of nitro groups is 1. The van der Waals surface area contributed by atoms with Crippen LogP contribution in [0.1, 0.15) is 0 Å². The van der Waals surface area contributed by atoms with E-state index in [-0.39, 0.29) is 12.5 Å². The van der Waals surface area contributed by atoms with Gasteiger partial charge in [-0.25, -0.2) is 4.57 Å². The van der Waals surface area contributed by atoms with Crippen LogP contribution in [0.25, 0.3) is 0 Å². The van der Waals surface area contributed by atoms with E-state index in [4.69, 9.17) is 4.74 Å². The zero-order chi connectivity index (χ0) is 17.6. The van der Waals surface area contributed by atoms with E-state index in [1.54, 1.807) is 24.3 Å². The van der Waals surface area contributed by atoms with Gasteiger partial charge in [0.2, 0.25) is 0 Å². The number of nitrogens with zero attached hydrogens (tertiary/aromatic N) is 3. The highest BCUT2D eigenvalue weighted by molar-refractivity contribution is 5.90. The number of aromatic nitrogens is 2. The fourth-order valence-corrected chi connectivity index (χ4v) is 2.18. The van der Waals surface area contributed by atoms with E-state index in [2.05, 4.69) is 10.3 Å². The summed E-state index contributed by atoms with van der Waals surface area (Å²) in [5.74, 6) is 0.584. The second-order valence-electron chi connectivity index (χ2n) is 5.10. The van der Waals surface area contributed by atoms with E-state index in [1.807, 2.05) is 30.3 Å². The minimum Gasteiger partial charge on any atom is -0.457 e. The van der Waals surface area contributed by atoms with Gasteiger partial charge in [0.15, 0.2) is 6.54 Å². The van der Waals surface area contributed by atoms with E-state index < -0.39 is 10.8 Å². The van der Waals surface area contributed by atoms with Gasteiger partial charge in [-0.3, -0.25) is 4.79 Å². The number of para-hydroxylation sites is 1. The first-order valence-corrected chi connectivity index (χ1v) is 7.40. The molecule has 2 aromatic carbocycles. The number of benzene rings is 2. The molecule has 8 heteroatoms. The Hall–Kier alpha value is -3.68. The monoisotopic (exact) mass is 338 g/mol. The molecule has 0 atom stereocenters. The van der Waals surface area contributed by atoms with Crippen molar-refractivity contribution in [3.8, 4) is 11.5 Å². The Bertz CT molecular complexity index is 875. The van der Waals surface area contributed by atoms with Crippen LogP contribution in [-0.2, 0) is 11.3 Å². The van der Waals surface area contributed by atoms with Crippen LogP contribution in [0.2, 0.25) is 0 Å². The number of hydrogen-bond acceptors (Lipinski definition) is 5. The summed E-state index contributed by atoms with van der Waals surface area (Å²) in [6.45, 7) is -0.196. The van der Waals surface area contributed by atoms with Crippen molar-refractivity contribution in [2.24, 2.45) is 0 Å². The molecule has 0 aliphatic heterocycles. The van der Waals surface area contributed by atoms with Gasteiger partial charge in [0.25, 0.3) is 5.91 Å². The average Bonchev–Trinajstić information content (AvgIpc) is 3.06. The molecule has 3 rings (SSSR count). The predicted molar refractivity (Wildman–Crippen MR) is 90.5 cm³/mol. The molecule has 0 unspecified atom stereocenters. The van der Waals surface area contributed by atoms with E-state index in [0.29, 0.717) is 17.2 Å². The van der Waals surface area contributed by atoms with Crippen molar-refractivity contribution in [2.75, 3.05) is 5.32 Å². The lowest BCUT2D eigenvalue weighted by atomic mass is 10.3. The Balaban J connectivity index is 1.60. The first-order chi connectivity index (χ1) is 12.1. The molecule has 1 heterocycles. The molecule has 0 radical (unpaired) electrons. The van der Waals surface area contributed by atoms with Gasteiger partial charge in [0.1, 0.15) is 23.9 Å². The molecule has 0 aliphatic rings. The molecule has 3 aromatic rings. The highest BCUT2D eigenvalue weighted by atomic mass is 16.6. The molecule has 1 amide bonds. The van der Waals surface area contributed by atoms with Crippen molar-refractivity contribution in [1.29, 1.82) is 0 Å². The molecule has 126 valence electrons. The van der Waals surface area contributed by atoms with Crippen molar-refractivity contribution >= 4 is 17.5 Å². The standard InChI is InChI=1S/C17H14N4O4/c22-16(12-20-11-10-18-17(20)21(23)24)19-13-6-8-15(9-7-13)25-14-4-2-1-3-5-14/h1-11H,12H2,(H,19,22). The van der Waals surface area contributed by atoms with Gasteiger partial charge in [0.05, 0.1) is 0 Å². The summed E-state index contributed by atoms with van der Waals surface area (Å²) in [5, 5.41) is 13.5. The maximum absolute atomic E-state index is 12.0. The number of ether oxygens (including phenoxy) is 1. The highest BCUT2D eigenvalue weighted by Crippen LogP contribution is 2.22. The lowest BCUT2D eigenvalue weighted by Crippen LogP contribution is -2.19. The van der Waals surface area contributed by atoms with Gasteiger partial charge in [-0.1, -0.05) is 23.2 Å². The summed E-state index contributed by atoms with van der Waals surface area (Å²) in [6.07, 6.45) is 2.66. The van der Waals surface area contributed by atoms with Crippen LogP contribution >= 0.6 is 0 Å². The van der Waals surface area contributed by atoms with E-state index in [1.165, 1.54) is 17.0 Å². The number of rotatable bonds is 6. The number of anilines is 1. The topological polar surface area (TPSA) is 99.3 Å². The summed E-state index contributed by atoms with van der Waals surface area (Å²) >= 11 is 0. The van der Waals surface area contributed by atoms with Crippen LogP contribution in [0.3, 0.4) is 0 Å². The Labute approximate surface area is 142 Å². The molecule has 0 bridgehead atoms. The van der Waals surface area contributed by atoms with Crippen LogP contribution < -0.4 is 10.1 Å². The second-order valence-corrected chi connectivity index (χ2v) is 5.10. The van der Waals surface area contributed by atoms with Crippen molar-refractivity contribution < 1.29 is 14.5 Å². The first kappa shape index (κ1) is 16.2. The maximum Gasteiger partial charge on any atom is 0.435 e. The fraction of sp³-hybridized carbons (Fsp3) is 0.0588. The molecule has 0 fully saturated rings. The third kappa shape index (κ3) is 4.20. The van der Waals surface area contributed by atoms with Gasteiger partial charge in [-0.15, -0.1) is 0 Å². The summed E-state index contributed by atoms with van der Waals surface area (Å²) in [5.41, 5.74) is 0.563. The smallest absolute Gasteiger partial charge is 0.435 e. The molecule has 1 N–H and O–H groups in total. The van der Waals surface area contributed by atoms with Crippen molar-refractivity contribution in [1.82, 2.24) is 9.55 Å². The van der Waals surface area contributed by atoms with E-state index in [0.717, 1.165) is 0 Å². The normalized spacial score (nSPS) is 10.2. The van der Waals surface area contributed by atoms with Crippen LogP contribution in [0.15, 0.2) is 67.0 Å². The number of carbonyl (C=O) groups is 1. The van der Waals surface area contributed by atoms with Gasteiger partial charge < -0.3 is 20.2 Å². The molecule has 0 saturated heterocycles. The average molecular weight is 338 g/mol. The van der Waals surface area contributed by atoms with Crippen molar-refractivity contribution in [3.05, 3.63) is 77.1 Å². The van der Waals surface area contributed by atoms with Crippen molar-refractivity contribution in [2.45, 2.75) is 6.54 Å². The molecule has 25 heavy (non-hydrogen) atoms. The van der Waals surface area contributed by atoms with E-state index >= 15 is 0 Å². The van der Waals surface area contributed by atoms with Crippen LogP contribution in [-0.4, -0.2) is 20.4 Å². The minimum absolute atomic E-state index is 0.196. The van der Waals surface area contributed by atoms with Gasteiger partial charge in [-0.2, -0.15) is 0 Å². The number of hydrogen-bond donors (Lipinski definition) is 1. The maximum atomic E-state index is 12.0. The molecule has 0 aliphatic carbocycles. The second kappa shape index (κ2) is 7.26. The number of amides is 1. The predicted octanol–water partition coefficient (Wildman–Crippen LogP) is 3.22. The molecule has 1 aromatic heterocycles. The molecular weight excluding hydrogens is 324 g/mol. The van der Waals surface area contributed by atoms with Gasteiger partial charge in [0, 0.05) is 5.69 Å². The molecule has 8 nitrogen and oxygen atoms in total. The lowest BCUT2D eigenvalue weighted by Gasteiger charge is -2.08. The largest absolute Gasteiger partial charge is 0.457 e. The third-order valence-corrected chi connectivity index (χ3v) is 3.29. The summed E-state index contributed by atoms with van der Waals surface area (Å²) in [6, 6.07) is 16.2. The lowest BCUT2D eigenvalue weighted by molar-refractivity contribution is -0.396. The number of imidazole rings is 1. The van der Waals surface area contributed by atoms with Gasteiger partial charge >= 0.3 is 5.95 Å². The quantitative estimate of drug-likeness (QED) is 0.549. The Morgan fingerprint density at radius 1 is 1.12 bits per heavy atom. The zero-order valence-electron chi connectivity index (χ0n) is 13.0. The summed E-state index contributed by atoms with van der Waals surface area (Å²) < 4.78 is 6.83. The molecule has 0 spiro atoms. The molecular formula is C17H14N4O4. The zero-order valence-corrected chi connectivity index (χ0v) is 13.0. The van der Waals surface area contributed by atoms with Crippen LogP contribution in [0.5, 0.6) is 11.5 Å². The Morgan fingerprint density at radius 3 is 2.48 bits per heavy atom. The summed E-state index contributed by atoms with van der Waals surface area (Å²) in [7, 11) is 0. The number of nitrogens with one attached hydrogen (secondary N) is 1. The molecule has 0 saturated carbocycles. The Morgan fingerprint density at radius 2 is 1.80 bits per heavy atom. The van der Waals surface area contributed by atoms with Gasteiger partial charge in [-0.05, 0) is 41.3 Å². The SMILES string of the molecule is O=C(Cn1ccnc1[N+](=O)[O-])Nc1ccc(Oc2ccccc2)cc1. The van der Waals surface area contributed by atoms with Crippen molar-refractivity contribution in [3.63, 3.8) is 0 Å².